The summed E-state index contributed by atoms with van der Waals surface area (Å²) in [7, 11) is 0. The summed E-state index contributed by atoms with van der Waals surface area (Å²) in [5.41, 5.74) is 13.5. The van der Waals surface area contributed by atoms with Crippen LogP contribution in [0.25, 0.3) is 0 Å². The molecule has 0 aromatic rings. The number of nitrogens with zero attached hydrogens (tertiary/aromatic N) is 1. The van der Waals surface area contributed by atoms with Crippen LogP contribution in [0.4, 0.5) is 0 Å². The molecule has 5 N–H and O–H groups in total. The Morgan fingerprint density at radius 3 is 2.79 bits per heavy atom. The smallest absolute Gasteiger partial charge is 0.241 e. The molecule has 0 aromatic carbocycles. The molecule has 1 heterocycles. The third-order valence-electron chi connectivity index (χ3n) is 2.32. The SMILES string of the molecule is CC[C@@H](C(N)=O)N1NC(CN)CC1=O. The molecule has 1 rings (SSSR count). The van der Waals surface area contributed by atoms with E-state index in [1.165, 1.54) is 5.01 Å². The van der Waals surface area contributed by atoms with Gasteiger partial charge in [0.15, 0.2) is 0 Å². The second kappa shape index (κ2) is 4.39. The van der Waals surface area contributed by atoms with E-state index < -0.39 is 11.9 Å². The van der Waals surface area contributed by atoms with Crippen LogP contribution in [-0.2, 0) is 9.59 Å². The molecule has 14 heavy (non-hydrogen) atoms. The van der Waals surface area contributed by atoms with E-state index in [2.05, 4.69) is 5.43 Å². The lowest BCUT2D eigenvalue weighted by molar-refractivity contribution is -0.138. The maximum Gasteiger partial charge on any atom is 0.241 e. The Morgan fingerprint density at radius 2 is 2.43 bits per heavy atom. The Hall–Kier alpha value is -1.14. The lowest BCUT2D eigenvalue weighted by Gasteiger charge is -2.24. The summed E-state index contributed by atoms with van der Waals surface area (Å²) in [6.07, 6.45) is 0.839. The maximum atomic E-state index is 11.4. The highest BCUT2D eigenvalue weighted by Gasteiger charge is 2.34. The number of hydrogen-bond acceptors (Lipinski definition) is 4. The summed E-state index contributed by atoms with van der Waals surface area (Å²) in [6, 6.07) is -0.644. The standard InChI is InChI=1S/C8H16N4O2/c1-2-6(8(10)14)12-7(13)3-5(4-9)11-12/h5-6,11H,2-4,9H2,1H3,(H2,10,14)/t5?,6-/m0/s1. The van der Waals surface area contributed by atoms with E-state index >= 15 is 0 Å². The van der Waals surface area contributed by atoms with Gasteiger partial charge in [-0.2, -0.15) is 0 Å². The number of nitrogens with two attached hydrogens (primary N) is 2. The largest absolute Gasteiger partial charge is 0.368 e. The van der Waals surface area contributed by atoms with Gasteiger partial charge in [0.1, 0.15) is 6.04 Å². The average Bonchev–Trinajstić information content (AvgIpc) is 2.48. The minimum Gasteiger partial charge on any atom is -0.368 e. The van der Waals surface area contributed by atoms with Gasteiger partial charge in [0.05, 0.1) is 0 Å². The Morgan fingerprint density at radius 1 is 1.79 bits per heavy atom. The van der Waals surface area contributed by atoms with Crippen LogP contribution in [0.15, 0.2) is 0 Å². The van der Waals surface area contributed by atoms with E-state index in [1.807, 2.05) is 0 Å². The van der Waals surface area contributed by atoms with Crippen molar-refractivity contribution in [2.24, 2.45) is 11.5 Å². The summed E-state index contributed by atoms with van der Waals surface area (Å²) in [6.45, 7) is 2.18. The summed E-state index contributed by atoms with van der Waals surface area (Å²) >= 11 is 0. The van der Waals surface area contributed by atoms with Crippen LogP contribution in [0.5, 0.6) is 0 Å². The molecule has 0 radical (unpaired) electrons. The summed E-state index contributed by atoms with van der Waals surface area (Å²) in [4.78, 5) is 22.5. The monoisotopic (exact) mass is 200 g/mol. The third-order valence-corrected chi connectivity index (χ3v) is 2.32. The molecule has 2 atom stereocenters. The molecule has 0 spiro atoms. The summed E-state index contributed by atoms with van der Waals surface area (Å²) in [5.74, 6) is -0.614. The number of hydrogen-bond donors (Lipinski definition) is 3. The van der Waals surface area contributed by atoms with Gasteiger partial charge in [0.2, 0.25) is 11.8 Å². The number of nitrogens with one attached hydrogen (secondary N) is 1. The summed E-state index contributed by atoms with van der Waals surface area (Å²) < 4.78 is 0. The van der Waals surface area contributed by atoms with Crippen LogP contribution >= 0.6 is 0 Å². The number of primary amides is 1. The van der Waals surface area contributed by atoms with E-state index in [0.29, 0.717) is 19.4 Å². The fraction of sp³-hybridized carbons (Fsp3) is 0.750. The van der Waals surface area contributed by atoms with Crippen molar-refractivity contribution in [2.75, 3.05) is 6.54 Å². The molecular formula is C8H16N4O2. The predicted octanol–water partition coefficient (Wildman–Crippen LogP) is -1.69. The lowest BCUT2D eigenvalue weighted by atomic mass is 10.2. The molecule has 6 nitrogen and oxygen atoms in total. The van der Waals surface area contributed by atoms with Crippen molar-refractivity contribution in [3.05, 3.63) is 0 Å². The van der Waals surface area contributed by atoms with E-state index in [9.17, 15) is 9.59 Å². The lowest BCUT2D eigenvalue weighted by Crippen LogP contribution is -2.51. The zero-order chi connectivity index (χ0) is 10.7. The van der Waals surface area contributed by atoms with Gasteiger partial charge in [-0.1, -0.05) is 6.92 Å². The number of rotatable bonds is 4. The fourth-order valence-electron chi connectivity index (χ4n) is 1.53. The molecule has 2 amide bonds. The highest BCUT2D eigenvalue weighted by atomic mass is 16.2. The van der Waals surface area contributed by atoms with Gasteiger partial charge in [-0.15, -0.1) is 0 Å². The fourth-order valence-corrected chi connectivity index (χ4v) is 1.53. The molecule has 0 bridgehead atoms. The van der Waals surface area contributed by atoms with Gasteiger partial charge in [0.25, 0.3) is 0 Å². The normalized spacial score (nSPS) is 24.0. The number of carbonyl (C=O) groups is 2. The molecule has 0 aromatic heterocycles. The van der Waals surface area contributed by atoms with Crippen LogP contribution < -0.4 is 16.9 Å². The second-order valence-corrected chi connectivity index (χ2v) is 3.36. The Labute approximate surface area is 82.6 Å². The zero-order valence-corrected chi connectivity index (χ0v) is 8.19. The van der Waals surface area contributed by atoms with Gasteiger partial charge in [0, 0.05) is 19.0 Å². The van der Waals surface area contributed by atoms with Crippen molar-refractivity contribution >= 4 is 11.8 Å². The van der Waals surface area contributed by atoms with Crippen molar-refractivity contribution in [3.8, 4) is 0 Å². The van der Waals surface area contributed by atoms with Crippen LogP contribution in [0.2, 0.25) is 0 Å². The molecule has 1 aliphatic rings. The van der Waals surface area contributed by atoms with Gasteiger partial charge in [-0.25, -0.2) is 5.43 Å². The molecule has 0 aliphatic carbocycles. The first-order valence-electron chi connectivity index (χ1n) is 4.67. The average molecular weight is 200 g/mol. The maximum absolute atomic E-state index is 11.4. The van der Waals surface area contributed by atoms with Crippen molar-refractivity contribution in [3.63, 3.8) is 0 Å². The molecule has 6 heteroatoms. The van der Waals surface area contributed by atoms with Crippen LogP contribution in [0, 0.1) is 0 Å². The molecule has 1 saturated heterocycles. The zero-order valence-electron chi connectivity index (χ0n) is 8.19. The van der Waals surface area contributed by atoms with Crippen LogP contribution in [-0.4, -0.2) is 35.5 Å². The van der Waals surface area contributed by atoms with Crippen molar-refractivity contribution in [2.45, 2.75) is 31.8 Å². The Balaban J connectivity index is 2.68. The first-order chi connectivity index (χ1) is 6.60. The predicted molar refractivity (Wildman–Crippen MR) is 50.7 cm³/mol. The van der Waals surface area contributed by atoms with Crippen LogP contribution in [0.3, 0.4) is 0 Å². The Kier molecular flexibility index (Phi) is 3.43. The van der Waals surface area contributed by atoms with Gasteiger partial charge in [-0.05, 0) is 6.42 Å². The van der Waals surface area contributed by atoms with E-state index in [1.54, 1.807) is 6.92 Å². The molecule has 1 fully saturated rings. The van der Waals surface area contributed by atoms with E-state index in [0.717, 1.165) is 0 Å². The number of carbonyl (C=O) groups excluding carboxylic acids is 2. The molecule has 1 unspecified atom stereocenters. The number of amides is 2. The molecule has 1 aliphatic heterocycles. The quantitative estimate of drug-likeness (QED) is 0.504. The highest BCUT2D eigenvalue weighted by Crippen LogP contribution is 2.12. The molecular weight excluding hydrogens is 184 g/mol. The van der Waals surface area contributed by atoms with Crippen molar-refractivity contribution in [1.29, 1.82) is 0 Å². The highest BCUT2D eigenvalue weighted by molar-refractivity contribution is 5.87. The third kappa shape index (κ3) is 2.02. The first kappa shape index (κ1) is 10.9. The first-order valence-corrected chi connectivity index (χ1v) is 4.67. The summed E-state index contributed by atoms with van der Waals surface area (Å²) in [5, 5.41) is 1.31. The number of hydrazine groups is 1. The van der Waals surface area contributed by atoms with Crippen molar-refractivity contribution < 1.29 is 9.59 Å². The topological polar surface area (TPSA) is 101 Å². The second-order valence-electron chi connectivity index (χ2n) is 3.36. The van der Waals surface area contributed by atoms with Gasteiger partial charge >= 0.3 is 0 Å². The minimum absolute atomic E-state index is 0.0732. The van der Waals surface area contributed by atoms with Gasteiger partial charge < -0.3 is 11.5 Å². The van der Waals surface area contributed by atoms with E-state index in [4.69, 9.17) is 11.5 Å². The van der Waals surface area contributed by atoms with Gasteiger partial charge in [-0.3, -0.25) is 14.6 Å². The molecule has 80 valence electrons. The minimum atomic E-state index is -0.570. The Bertz CT molecular complexity index is 243. The van der Waals surface area contributed by atoms with E-state index in [-0.39, 0.29) is 11.9 Å². The molecule has 0 saturated carbocycles. The van der Waals surface area contributed by atoms with Crippen LogP contribution in [0.1, 0.15) is 19.8 Å². The van der Waals surface area contributed by atoms with Crippen molar-refractivity contribution in [1.82, 2.24) is 10.4 Å².